The number of hydrazone groups is 1. The number of carbonyl (C=O) groups excluding carboxylic acids is 1. The molecule has 0 spiro atoms. The number of amides is 1. The second-order valence-corrected chi connectivity index (χ2v) is 4.65. The highest BCUT2D eigenvalue weighted by Gasteiger charge is 2.06. The van der Waals surface area contributed by atoms with Crippen LogP contribution in [-0.2, 0) is 0 Å². The van der Waals surface area contributed by atoms with E-state index in [2.05, 4.69) is 10.5 Å². The van der Waals surface area contributed by atoms with E-state index in [1.165, 1.54) is 5.56 Å². The molecule has 1 aromatic rings. The summed E-state index contributed by atoms with van der Waals surface area (Å²) in [7, 11) is 0. The zero-order valence-corrected chi connectivity index (χ0v) is 11.2. The lowest BCUT2D eigenvalue weighted by Crippen LogP contribution is -2.20. The molecule has 1 aromatic carbocycles. The van der Waals surface area contributed by atoms with Gasteiger partial charge in [-0.25, -0.2) is 5.43 Å². The van der Waals surface area contributed by atoms with Gasteiger partial charge in [-0.1, -0.05) is 19.9 Å². The Morgan fingerprint density at radius 2 is 1.88 bits per heavy atom. The molecule has 1 amide bonds. The van der Waals surface area contributed by atoms with Gasteiger partial charge in [0.25, 0.3) is 5.91 Å². The van der Waals surface area contributed by atoms with Gasteiger partial charge in [-0.15, -0.1) is 0 Å². The fraction of sp³-hybridized carbons (Fsp3) is 0.429. The molecule has 0 aliphatic rings. The molecule has 92 valence electrons. The third-order valence-electron chi connectivity index (χ3n) is 2.94. The molecule has 0 aliphatic heterocycles. The van der Waals surface area contributed by atoms with Crippen molar-refractivity contribution in [2.75, 3.05) is 0 Å². The first-order valence-corrected chi connectivity index (χ1v) is 5.83. The van der Waals surface area contributed by atoms with Crippen molar-refractivity contribution in [1.29, 1.82) is 0 Å². The number of aryl methyl sites for hydroxylation is 2. The Bertz CT molecular complexity index is 448. The number of nitrogens with one attached hydrogen (secondary N) is 1. The number of nitrogens with zero attached hydrogens (tertiary/aromatic N) is 1. The highest BCUT2D eigenvalue weighted by atomic mass is 16.2. The molecule has 0 radical (unpaired) electrons. The van der Waals surface area contributed by atoms with Crippen LogP contribution in [0.25, 0.3) is 0 Å². The zero-order valence-electron chi connectivity index (χ0n) is 11.2. The maximum absolute atomic E-state index is 11.8. The first-order chi connectivity index (χ1) is 7.91. The van der Waals surface area contributed by atoms with Crippen molar-refractivity contribution in [3.63, 3.8) is 0 Å². The van der Waals surface area contributed by atoms with E-state index in [1.807, 2.05) is 52.8 Å². The molecule has 17 heavy (non-hydrogen) atoms. The van der Waals surface area contributed by atoms with Crippen LogP contribution in [0.5, 0.6) is 0 Å². The largest absolute Gasteiger partial charge is 0.271 e. The third kappa shape index (κ3) is 3.70. The summed E-state index contributed by atoms with van der Waals surface area (Å²) in [6, 6.07) is 5.64. The van der Waals surface area contributed by atoms with E-state index >= 15 is 0 Å². The summed E-state index contributed by atoms with van der Waals surface area (Å²) in [4.78, 5) is 11.8. The van der Waals surface area contributed by atoms with Gasteiger partial charge in [-0.2, -0.15) is 5.10 Å². The molecule has 0 saturated heterocycles. The van der Waals surface area contributed by atoms with E-state index < -0.39 is 0 Å². The highest BCUT2D eigenvalue weighted by Crippen LogP contribution is 2.09. The average molecular weight is 232 g/mol. The molecular weight excluding hydrogens is 212 g/mol. The second kappa shape index (κ2) is 5.62. The Labute approximate surface area is 103 Å². The van der Waals surface area contributed by atoms with Crippen LogP contribution in [0.1, 0.15) is 42.3 Å². The SMILES string of the molecule is CC(=NNC(=O)c1ccc(C)c(C)c1)C(C)C. The zero-order chi connectivity index (χ0) is 13.0. The quantitative estimate of drug-likeness (QED) is 0.631. The molecule has 3 nitrogen and oxygen atoms in total. The molecule has 3 heteroatoms. The maximum atomic E-state index is 11.8. The second-order valence-electron chi connectivity index (χ2n) is 4.65. The number of carbonyl (C=O) groups is 1. The minimum atomic E-state index is -0.159. The predicted molar refractivity (Wildman–Crippen MR) is 71.3 cm³/mol. The molecule has 0 fully saturated rings. The van der Waals surface area contributed by atoms with Gasteiger partial charge in [-0.05, 0) is 49.9 Å². The smallest absolute Gasteiger partial charge is 0.267 e. The highest BCUT2D eigenvalue weighted by molar-refractivity contribution is 5.95. The first kappa shape index (κ1) is 13.4. The number of benzene rings is 1. The molecular formula is C14H20N2O. The van der Waals surface area contributed by atoms with Gasteiger partial charge in [0.2, 0.25) is 0 Å². The van der Waals surface area contributed by atoms with Crippen molar-refractivity contribution < 1.29 is 4.79 Å². The predicted octanol–water partition coefficient (Wildman–Crippen LogP) is 3.07. The minimum Gasteiger partial charge on any atom is -0.267 e. The summed E-state index contributed by atoms with van der Waals surface area (Å²) in [5.74, 6) is 0.183. The summed E-state index contributed by atoms with van der Waals surface area (Å²) >= 11 is 0. The van der Waals surface area contributed by atoms with E-state index in [0.717, 1.165) is 11.3 Å². The van der Waals surface area contributed by atoms with Crippen molar-refractivity contribution in [2.24, 2.45) is 11.0 Å². The monoisotopic (exact) mass is 232 g/mol. The van der Waals surface area contributed by atoms with Crippen LogP contribution in [0, 0.1) is 19.8 Å². The molecule has 0 saturated carbocycles. The topological polar surface area (TPSA) is 41.5 Å². The Hall–Kier alpha value is -1.64. The van der Waals surface area contributed by atoms with Crippen molar-refractivity contribution in [3.8, 4) is 0 Å². The molecule has 0 unspecified atom stereocenters. The summed E-state index contributed by atoms with van der Waals surface area (Å²) in [5, 5.41) is 4.07. The molecule has 0 aliphatic carbocycles. The summed E-state index contributed by atoms with van der Waals surface area (Å²) < 4.78 is 0. The Morgan fingerprint density at radius 3 is 2.41 bits per heavy atom. The average Bonchev–Trinajstić information content (AvgIpc) is 2.28. The Kier molecular flexibility index (Phi) is 4.44. The van der Waals surface area contributed by atoms with Gasteiger partial charge in [0.05, 0.1) is 0 Å². The van der Waals surface area contributed by atoms with Crippen molar-refractivity contribution in [1.82, 2.24) is 5.43 Å². The fourth-order valence-electron chi connectivity index (χ4n) is 1.22. The standard InChI is InChI=1S/C14H20N2O/c1-9(2)12(5)15-16-14(17)13-7-6-10(3)11(4)8-13/h6-9H,1-5H3,(H,16,17). The van der Waals surface area contributed by atoms with Gasteiger partial charge in [-0.3, -0.25) is 4.79 Å². The normalized spacial score (nSPS) is 11.8. The van der Waals surface area contributed by atoms with Gasteiger partial charge in [0.15, 0.2) is 0 Å². The first-order valence-electron chi connectivity index (χ1n) is 5.83. The Balaban J connectivity index is 2.77. The van der Waals surface area contributed by atoms with Crippen molar-refractivity contribution in [3.05, 3.63) is 34.9 Å². The van der Waals surface area contributed by atoms with Crippen molar-refractivity contribution >= 4 is 11.6 Å². The van der Waals surface area contributed by atoms with Crippen LogP contribution < -0.4 is 5.43 Å². The maximum Gasteiger partial charge on any atom is 0.271 e. The van der Waals surface area contributed by atoms with E-state index in [9.17, 15) is 4.79 Å². The third-order valence-corrected chi connectivity index (χ3v) is 2.94. The lowest BCUT2D eigenvalue weighted by atomic mass is 10.1. The number of hydrogen-bond donors (Lipinski definition) is 1. The van der Waals surface area contributed by atoms with Crippen LogP contribution in [0.2, 0.25) is 0 Å². The van der Waals surface area contributed by atoms with E-state index in [4.69, 9.17) is 0 Å². The summed E-state index contributed by atoms with van der Waals surface area (Å²) in [6.45, 7) is 10.0. The molecule has 0 aromatic heterocycles. The molecule has 1 rings (SSSR count). The van der Waals surface area contributed by atoms with Crippen LogP contribution in [-0.4, -0.2) is 11.6 Å². The van der Waals surface area contributed by atoms with E-state index in [1.54, 1.807) is 0 Å². The van der Waals surface area contributed by atoms with Crippen LogP contribution in [0.3, 0.4) is 0 Å². The lowest BCUT2D eigenvalue weighted by Gasteiger charge is -2.06. The molecule has 0 bridgehead atoms. The molecule has 0 heterocycles. The van der Waals surface area contributed by atoms with Gasteiger partial charge < -0.3 is 0 Å². The van der Waals surface area contributed by atoms with Gasteiger partial charge in [0, 0.05) is 11.3 Å². The summed E-state index contributed by atoms with van der Waals surface area (Å²) in [6.07, 6.45) is 0. The van der Waals surface area contributed by atoms with Crippen molar-refractivity contribution in [2.45, 2.75) is 34.6 Å². The summed E-state index contributed by atoms with van der Waals surface area (Å²) in [5.41, 5.74) is 6.44. The fourth-order valence-corrected chi connectivity index (χ4v) is 1.22. The van der Waals surface area contributed by atoms with Gasteiger partial charge in [0.1, 0.15) is 0 Å². The number of hydrogen-bond acceptors (Lipinski definition) is 2. The van der Waals surface area contributed by atoms with Crippen LogP contribution in [0.4, 0.5) is 0 Å². The van der Waals surface area contributed by atoms with E-state index in [-0.39, 0.29) is 5.91 Å². The molecule has 1 N–H and O–H groups in total. The number of rotatable bonds is 3. The Morgan fingerprint density at radius 1 is 1.24 bits per heavy atom. The van der Waals surface area contributed by atoms with Crippen LogP contribution >= 0.6 is 0 Å². The molecule has 0 atom stereocenters. The van der Waals surface area contributed by atoms with E-state index in [0.29, 0.717) is 11.5 Å². The lowest BCUT2D eigenvalue weighted by molar-refractivity contribution is 0.0954. The van der Waals surface area contributed by atoms with Gasteiger partial charge >= 0.3 is 0 Å². The van der Waals surface area contributed by atoms with Crippen LogP contribution in [0.15, 0.2) is 23.3 Å². The minimum absolute atomic E-state index is 0.159.